The van der Waals surface area contributed by atoms with Gasteiger partial charge in [0.25, 0.3) is 0 Å². The highest BCUT2D eigenvalue weighted by molar-refractivity contribution is 4.96. The summed E-state index contributed by atoms with van der Waals surface area (Å²) >= 11 is 0. The van der Waals surface area contributed by atoms with Crippen LogP contribution in [0.4, 0.5) is 0 Å². The molecule has 8 N–H and O–H groups in total. The van der Waals surface area contributed by atoms with E-state index in [0.717, 1.165) is 0 Å². The highest BCUT2D eigenvalue weighted by atomic mass is 16.7. The normalized spacial score (nSPS) is 51.7. The predicted octanol–water partition coefficient (Wildman–Crippen LogP) is -4.73. The number of aliphatic hydroxyl groups excluding tert-OH is 8. The molecule has 0 radical (unpaired) electrons. The molecular formula is C13H24O10. The molecule has 10 heteroatoms. The van der Waals surface area contributed by atoms with Crippen molar-refractivity contribution >= 4 is 0 Å². The SMILES string of the molecule is OC[C@H]1C[C@@H](O[C@H]2[C@H](O)[C@@H](O)[C@H](O)O[C@@H]2CO)[C@H](O)[C@@H](O)[C@@H]1O. The smallest absolute Gasteiger partial charge is 0.184 e. The Balaban J connectivity index is 2.11. The van der Waals surface area contributed by atoms with E-state index < -0.39 is 74.3 Å². The molecule has 2 fully saturated rings. The summed E-state index contributed by atoms with van der Waals surface area (Å²) < 4.78 is 10.4. The minimum Gasteiger partial charge on any atom is -0.396 e. The zero-order valence-electron chi connectivity index (χ0n) is 12.3. The average Bonchev–Trinajstić information content (AvgIpc) is 2.55. The summed E-state index contributed by atoms with van der Waals surface area (Å²) in [6, 6.07) is 0. The van der Waals surface area contributed by atoms with E-state index in [9.17, 15) is 40.9 Å². The minimum atomic E-state index is -1.70. The largest absolute Gasteiger partial charge is 0.396 e. The van der Waals surface area contributed by atoms with Gasteiger partial charge in [-0.3, -0.25) is 0 Å². The Morgan fingerprint density at radius 3 is 2.00 bits per heavy atom. The minimum absolute atomic E-state index is 0.0179. The second-order valence-electron chi connectivity index (χ2n) is 6.02. The van der Waals surface area contributed by atoms with E-state index in [1.165, 1.54) is 0 Å². The standard InChI is InChI=1S/C13H24O10/c14-2-4-1-5(8(17)9(18)7(4)16)22-12-6(3-15)23-13(21)11(20)10(12)19/h4-21H,1-3H2/t4-,5-,6-,7-,8+,9+,10-,11-,12-,13-/m1/s1. The van der Waals surface area contributed by atoms with Crippen molar-refractivity contribution in [2.24, 2.45) is 5.92 Å². The molecule has 0 aromatic rings. The van der Waals surface area contributed by atoms with E-state index in [1.54, 1.807) is 0 Å². The molecule has 0 bridgehead atoms. The number of aliphatic hydroxyl groups is 8. The van der Waals surface area contributed by atoms with Crippen molar-refractivity contribution in [2.45, 2.75) is 61.5 Å². The Morgan fingerprint density at radius 2 is 1.43 bits per heavy atom. The molecule has 1 saturated carbocycles. The van der Waals surface area contributed by atoms with Crippen LogP contribution in [0, 0.1) is 5.92 Å². The van der Waals surface area contributed by atoms with E-state index in [0.29, 0.717) is 0 Å². The molecule has 2 aliphatic rings. The summed E-state index contributed by atoms with van der Waals surface area (Å²) in [6.45, 7) is -1.07. The Kier molecular flexibility index (Phi) is 6.30. The molecule has 1 aliphatic carbocycles. The lowest BCUT2D eigenvalue weighted by molar-refractivity contribution is -0.310. The van der Waals surface area contributed by atoms with Gasteiger partial charge in [-0.1, -0.05) is 0 Å². The topological polar surface area (TPSA) is 180 Å². The fraction of sp³-hybridized carbons (Fsp3) is 1.00. The van der Waals surface area contributed by atoms with E-state index in [1.807, 2.05) is 0 Å². The van der Waals surface area contributed by atoms with Crippen LogP contribution in [0.25, 0.3) is 0 Å². The molecule has 0 unspecified atom stereocenters. The van der Waals surface area contributed by atoms with Crippen molar-refractivity contribution in [1.29, 1.82) is 0 Å². The summed E-state index contributed by atoms with van der Waals surface area (Å²) in [4.78, 5) is 0. The highest BCUT2D eigenvalue weighted by Crippen LogP contribution is 2.31. The third kappa shape index (κ3) is 3.66. The van der Waals surface area contributed by atoms with Crippen molar-refractivity contribution < 1.29 is 50.3 Å². The van der Waals surface area contributed by atoms with Crippen molar-refractivity contribution in [3.05, 3.63) is 0 Å². The van der Waals surface area contributed by atoms with Crippen LogP contribution in [0.2, 0.25) is 0 Å². The maximum Gasteiger partial charge on any atom is 0.184 e. The van der Waals surface area contributed by atoms with Crippen LogP contribution >= 0.6 is 0 Å². The summed E-state index contributed by atoms with van der Waals surface area (Å²) in [5, 5.41) is 77.1. The van der Waals surface area contributed by atoms with Crippen molar-refractivity contribution in [3.63, 3.8) is 0 Å². The van der Waals surface area contributed by atoms with E-state index in [4.69, 9.17) is 9.47 Å². The second kappa shape index (κ2) is 7.66. The van der Waals surface area contributed by atoms with E-state index in [2.05, 4.69) is 0 Å². The van der Waals surface area contributed by atoms with Crippen LogP contribution in [-0.4, -0.2) is 109 Å². The Labute approximate surface area is 132 Å². The zero-order valence-corrected chi connectivity index (χ0v) is 12.3. The zero-order chi connectivity index (χ0) is 17.3. The maximum absolute atomic E-state index is 10.0. The molecule has 0 amide bonds. The number of rotatable bonds is 4. The van der Waals surface area contributed by atoms with Gasteiger partial charge in [-0.2, -0.15) is 0 Å². The maximum atomic E-state index is 10.0. The molecule has 0 spiro atoms. The van der Waals surface area contributed by atoms with Crippen LogP contribution in [0.3, 0.4) is 0 Å². The molecule has 10 nitrogen and oxygen atoms in total. The molecule has 1 saturated heterocycles. The fourth-order valence-corrected chi connectivity index (χ4v) is 3.03. The molecule has 2 rings (SSSR count). The monoisotopic (exact) mass is 340 g/mol. The average molecular weight is 340 g/mol. The van der Waals surface area contributed by atoms with Crippen LogP contribution in [0.5, 0.6) is 0 Å². The van der Waals surface area contributed by atoms with Crippen LogP contribution in [0.15, 0.2) is 0 Å². The van der Waals surface area contributed by atoms with Gasteiger partial charge in [0.1, 0.15) is 36.6 Å². The number of hydrogen-bond acceptors (Lipinski definition) is 10. The van der Waals surface area contributed by atoms with Gasteiger partial charge in [-0.25, -0.2) is 0 Å². The van der Waals surface area contributed by atoms with Gasteiger partial charge in [-0.05, 0) is 6.42 Å². The van der Waals surface area contributed by atoms with Crippen molar-refractivity contribution in [3.8, 4) is 0 Å². The molecule has 0 aromatic heterocycles. The van der Waals surface area contributed by atoms with Crippen LogP contribution in [0.1, 0.15) is 6.42 Å². The summed E-state index contributed by atoms with van der Waals surface area (Å²) in [5.41, 5.74) is 0. The first-order valence-corrected chi connectivity index (χ1v) is 7.42. The van der Waals surface area contributed by atoms with E-state index in [-0.39, 0.29) is 6.42 Å². The van der Waals surface area contributed by atoms with Gasteiger partial charge >= 0.3 is 0 Å². The Bertz CT molecular complexity index is 378. The van der Waals surface area contributed by atoms with Gasteiger partial charge in [0.15, 0.2) is 6.29 Å². The highest BCUT2D eigenvalue weighted by Gasteiger charge is 2.49. The van der Waals surface area contributed by atoms with Gasteiger partial charge in [-0.15, -0.1) is 0 Å². The lowest BCUT2D eigenvalue weighted by Gasteiger charge is -2.45. The first-order valence-electron chi connectivity index (χ1n) is 7.42. The fourth-order valence-electron chi connectivity index (χ4n) is 3.03. The summed E-state index contributed by atoms with van der Waals surface area (Å²) in [7, 11) is 0. The first-order chi connectivity index (χ1) is 10.8. The van der Waals surface area contributed by atoms with Gasteiger partial charge < -0.3 is 50.3 Å². The molecule has 10 atom stereocenters. The van der Waals surface area contributed by atoms with Gasteiger partial charge in [0.05, 0.1) is 18.8 Å². The summed E-state index contributed by atoms with van der Waals surface area (Å²) in [5.74, 6) is -0.747. The molecule has 1 heterocycles. The summed E-state index contributed by atoms with van der Waals surface area (Å²) in [6.07, 6.45) is -12.9. The van der Waals surface area contributed by atoms with Gasteiger partial charge in [0.2, 0.25) is 0 Å². The number of hydrogen-bond donors (Lipinski definition) is 8. The molecular weight excluding hydrogens is 316 g/mol. The van der Waals surface area contributed by atoms with Crippen LogP contribution in [-0.2, 0) is 9.47 Å². The lowest BCUT2D eigenvalue weighted by Crippen LogP contribution is -2.62. The molecule has 0 aromatic carbocycles. The quantitative estimate of drug-likeness (QED) is 0.247. The second-order valence-corrected chi connectivity index (χ2v) is 6.02. The van der Waals surface area contributed by atoms with Crippen molar-refractivity contribution in [1.82, 2.24) is 0 Å². The molecule has 136 valence electrons. The molecule has 1 aliphatic heterocycles. The Morgan fingerprint density at radius 1 is 0.783 bits per heavy atom. The lowest BCUT2D eigenvalue weighted by atomic mass is 9.81. The predicted molar refractivity (Wildman–Crippen MR) is 71.9 cm³/mol. The molecule has 23 heavy (non-hydrogen) atoms. The number of ether oxygens (including phenoxy) is 2. The Hall–Kier alpha value is -0.400. The third-order valence-electron chi connectivity index (χ3n) is 4.50. The first kappa shape index (κ1) is 18.9. The van der Waals surface area contributed by atoms with Crippen molar-refractivity contribution in [2.75, 3.05) is 13.2 Å². The van der Waals surface area contributed by atoms with E-state index >= 15 is 0 Å². The van der Waals surface area contributed by atoms with Crippen LogP contribution < -0.4 is 0 Å². The van der Waals surface area contributed by atoms with Gasteiger partial charge in [0, 0.05) is 12.5 Å². The third-order valence-corrected chi connectivity index (χ3v) is 4.50.